The predicted octanol–water partition coefficient (Wildman–Crippen LogP) is 3.18. The number of hydrogen-bond donors (Lipinski definition) is 0. The zero-order chi connectivity index (χ0) is 11.5. The second-order valence-electron chi connectivity index (χ2n) is 4.92. The van der Waals surface area contributed by atoms with Crippen LogP contribution in [0.25, 0.3) is 0 Å². The molecule has 0 spiro atoms. The van der Waals surface area contributed by atoms with Gasteiger partial charge in [-0.25, -0.2) is 0 Å². The summed E-state index contributed by atoms with van der Waals surface area (Å²) in [4.78, 5) is 11.9. The maximum Gasteiger partial charge on any atom is 0.310 e. The maximum atomic E-state index is 11.9. The largest absolute Gasteiger partial charge is 0.466 e. The van der Waals surface area contributed by atoms with E-state index >= 15 is 0 Å². The molecule has 86 valence electrons. The molecule has 1 aliphatic carbocycles. The van der Waals surface area contributed by atoms with Crippen molar-refractivity contribution in [3.8, 4) is 0 Å². The van der Waals surface area contributed by atoms with Gasteiger partial charge in [0.05, 0.1) is 12.5 Å². The number of hydrogen-bond acceptors (Lipinski definition) is 2. The monoisotopic (exact) mass is 210 g/mol. The molecule has 0 radical (unpaired) electrons. The van der Waals surface area contributed by atoms with Crippen molar-refractivity contribution in [1.82, 2.24) is 0 Å². The smallest absolute Gasteiger partial charge is 0.310 e. The van der Waals surface area contributed by atoms with Crippen molar-refractivity contribution in [3.05, 3.63) is 12.2 Å². The number of ether oxygens (including phenoxy) is 1. The Bertz CT molecular complexity index is 253. The Kier molecular flexibility index (Phi) is 3.95. The predicted molar refractivity (Wildman–Crippen MR) is 61.4 cm³/mol. The van der Waals surface area contributed by atoms with E-state index in [1.165, 1.54) is 0 Å². The van der Waals surface area contributed by atoms with Crippen molar-refractivity contribution in [1.29, 1.82) is 0 Å². The Morgan fingerprint density at radius 3 is 2.67 bits per heavy atom. The highest BCUT2D eigenvalue weighted by molar-refractivity contribution is 5.74. The summed E-state index contributed by atoms with van der Waals surface area (Å²) in [5.74, 6) is 0.332. The van der Waals surface area contributed by atoms with Crippen LogP contribution in [0, 0.1) is 17.3 Å². The molecule has 0 aromatic rings. The van der Waals surface area contributed by atoms with Crippen molar-refractivity contribution >= 4 is 5.97 Å². The highest BCUT2D eigenvalue weighted by atomic mass is 16.5. The van der Waals surface area contributed by atoms with Crippen LogP contribution in [0.3, 0.4) is 0 Å². The summed E-state index contributed by atoms with van der Waals surface area (Å²) < 4.78 is 5.18. The van der Waals surface area contributed by atoms with E-state index in [1.807, 2.05) is 6.92 Å². The van der Waals surface area contributed by atoms with Crippen LogP contribution in [0.5, 0.6) is 0 Å². The van der Waals surface area contributed by atoms with Crippen molar-refractivity contribution in [3.63, 3.8) is 0 Å². The molecule has 0 fully saturated rings. The van der Waals surface area contributed by atoms with Crippen molar-refractivity contribution < 1.29 is 9.53 Å². The normalized spacial score (nSPS) is 28.8. The fraction of sp³-hybridized carbons (Fsp3) is 0.769. The van der Waals surface area contributed by atoms with E-state index in [0.717, 1.165) is 12.8 Å². The van der Waals surface area contributed by atoms with Crippen molar-refractivity contribution in [2.45, 2.75) is 40.5 Å². The molecule has 0 saturated heterocycles. The van der Waals surface area contributed by atoms with Gasteiger partial charge in [-0.1, -0.05) is 32.9 Å². The van der Waals surface area contributed by atoms with Crippen LogP contribution >= 0.6 is 0 Å². The molecular weight excluding hydrogens is 188 g/mol. The molecule has 0 heterocycles. The topological polar surface area (TPSA) is 26.3 Å². The molecule has 0 aromatic carbocycles. The van der Waals surface area contributed by atoms with Gasteiger partial charge in [0, 0.05) is 0 Å². The van der Waals surface area contributed by atoms with Gasteiger partial charge in [0.25, 0.3) is 0 Å². The molecule has 0 amide bonds. The molecule has 2 unspecified atom stereocenters. The highest BCUT2D eigenvalue weighted by Crippen LogP contribution is 2.42. The number of esters is 1. The van der Waals surface area contributed by atoms with E-state index in [4.69, 9.17) is 4.74 Å². The number of rotatable bonds is 3. The highest BCUT2D eigenvalue weighted by Gasteiger charge is 2.41. The lowest BCUT2D eigenvalue weighted by molar-refractivity contribution is -0.154. The average molecular weight is 210 g/mol. The van der Waals surface area contributed by atoms with Crippen LogP contribution in [-0.2, 0) is 9.53 Å². The summed E-state index contributed by atoms with van der Waals surface area (Å²) >= 11 is 0. The Labute approximate surface area is 92.7 Å². The zero-order valence-corrected chi connectivity index (χ0v) is 10.2. The summed E-state index contributed by atoms with van der Waals surface area (Å²) in [6.45, 7) is 8.78. The summed E-state index contributed by atoms with van der Waals surface area (Å²) in [6.07, 6.45) is 6.34. The molecule has 2 nitrogen and oxygen atoms in total. The SMILES string of the molecule is CCOC(=O)C1C(CC)C=CCC1(C)C. The third kappa shape index (κ3) is 2.61. The standard InChI is InChI=1S/C13H22O2/c1-5-10-8-7-9-13(3,4)11(10)12(14)15-6-2/h7-8,10-11H,5-6,9H2,1-4H3. The maximum absolute atomic E-state index is 11.9. The van der Waals surface area contributed by atoms with Crippen LogP contribution in [0.4, 0.5) is 0 Å². The zero-order valence-electron chi connectivity index (χ0n) is 10.2. The lowest BCUT2D eigenvalue weighted by Crippen LogP contribution is -2.39. The quantitative estimate of drug-likeness (QED) is 0.528. The molecule has 0 N–H and O–H groups in total. The van der Waals surface area contributed by atoms with Crippen LogP contribution in [0.1, 0.15) is 40.5 Å². The van der Waals surface area contributed by atoms with Gasteiger partial charge in [-0.05, 0) is 31.1 Å². The van der Waals surface area contributed by atoms with Gasteiger partial charge in [0.2, 0.25) is 0 Å². The Morgan fingerprint density at radius 1 is 1.47 bits per heavy atom. The van der Waals surface area contributed by atoms with Gasteiger partial charge >= 0.3 is 5.97 Å². The number of allylic oxidation sites excluding steroid dienone is 2. The lowest BCUT2D eigenvalue weighted by atomic mass is 9.66. The van der Waals surface area contributed by atoms with Crippen molar-refractivity contribution in [2.75, 3.05) is 6.61 Å². The molecule has 0 saturated carbocycles. The van der Waals surface area contributed by atoms with Crippen LogP contribution in [0.2, 0.25) is 0 Å². The average Bonchev–Trinajstić information content (AvgIpc) is 2.16. The van der Waals surface area contributed by atoms with Gasteiger partial charge in [0.15, 0.2) is 0 Å². The molecule has 2 heteroatoms. The molecule has 0 bridgehead atoms. The summed E-state index contributed by atoms with van der Waals surface area (Å²) in [5.41, 5.74) is 0.0294. The molecule has 1 aliphatic rings. The third-order valence-electron chi connectivity index (χ3n) is 3.31. The minimum absolute atomic E-state index is 0.0208. The summed E-state index contributed by atoms with van der Waals surface area (Å²) in [6, 6.07) is 0. The fourth-order valence-corrected chi connectivity index (χ4v) is 2.46. The molecule has 1 rings (SSSR count). The molecule has 2 atom stereocenters. The minimum atomic E-state index is -0.0290. The second-order valence-corrected chi connectivity index (χ2v) is 4.92. The first kappa shape index (κ1) is 12.3. The number of carbonyl (C=O) groups excluding carboxylic acids is 1. The van der Waals surface area contributed by atoms with Crippen LogP contribution in [-0.4, -0.2) is 12.6 Å². The molecule has 0 aliphatic heterocycles. The van der Waals surface area contributed by atoms with E-state index in [2.05, 4.69) is 32.9 Å². The number of carbonyl (C=O) groups is 1. The van der Waals surface area contributed by atoms with Gasteiger partial charge in [-0.15, -0.1) is 0 Å². The first-order chi connectivity index (χ1) is 7.03. The second kappa shape index (κ2) is 4.82. The van der Waals surface area contributed by atoms with Crippen LogP contribution < -0.4 is 0 Å². The fourth-order valence-electron chi connectivity index (χ4n) is 2.46. The first-order valence-corrected chi connectivity index (χ1v) is 5.86. The molecule has 15 heavy (non-hydrogen) atoms. The van der Waals surface area contributed by atoms with Gasteiger partial charge in [-0.3, -0.25) is 4.79 Å². The van der Waals surface area contributed by atoms with Crippen LogP contribution in [0.15, 0.2) is 12.2 Å². The Hall–Kier alpha value is -0.790. The van der Waals surface area contributed by atoms with E-state index in [0.29, 0.717) is 12.5 Å². The summed E-state index contributed by atoms with van der Waals surface area (Å²) in [7, 11) is 0. The Balaban J connectivity index is 2.87. The van der Waals surface area contributed by atoms with Gasteiger partial charge in [-0.2, -0.15) is 0 Å². The third-order valence-corrected chi connectivity index (χ3v) is 3.31. The van der Waals surface area contributed by atoms with Gasteiger partial charge in [0.1, 0.15) is 0 Å². The lowest BCUT2D eigenvalue weighted by Gasteiger charge is -2.38. The van der Waals surface area contributed by atoms with E-state index in [1.54, 1.807) is 0 Å². The van der Waals surface area contributed by atoms with E-state index in [9.17, 15) is 4.79 Å². The Morgan fingerprint density at radius 2 is 2.13 bits per heavy atom. The van der Waals surface area contributed by atoms with E-state index in [-0.39, 0.29) is 17.3 Å². The first-order valence-electron chi connectivity index (χ1n) is 5.86. The molecule has 0 aromatic heterocycles. The minimum Gasteiger partial charge on any atom is -0.466 e. The van der Waals surface area contributed by atoms with E-state index < -0.39 is 0 Å². The summed E-state index contributed by atoms with van der Waals surface area (Å²) in [5, 5.41) is 0. The molecular formula is C13H22O2. The van der Waals surface area contributed by atoms with Crippen molar-refractivity contribution in [2.24, 2.45) is 17.3 Å². The van der Waals surface area contributed by atoms with Gasteiger partial charge < -0.3 is 4.74 Å².